The van der Waals surface area contributed by atoms with Crippen LogP contribution in [0, 0.1) is 23.2 Å². The first kappa shape index (κ1) is 17.5. The van der Waals surface area contributed by atoms with E-state index in [2.05, 4.69) is 52.5 Å². The highest BCUT2D eigenvalue weighted by Crippen LogP contribution is 2.50. The predicted octanol–water partition coefficient (Wildman–Crippen LogP) is 5.10. The number of nitrogens with one attached hydrogen (secondary N) is 1. The van der Waals surface area contributed by atoms with Gasteiger partial charge in [0.2, 0.25) is 0 Å². The SMILES string of the molecule is N#Cc1ccc2[nH]cc([C@@H]3C[C@H]3CN3CCC(Cc4ccccc4)CC3)c2c1. The molecule has 1 aromatic heterocycles. The number of benzene rings is 2. The number of H-pyrrole nitrogens is 1. The Morgan fingerprint density at radius 1 is 1.07 bits per heavy atom. The highest BCUT2D eigenvalue weighted by atomic mass is 15.1. The molecule has 0 amide bonds. The molecule has 142 valence electrons. The zero-order chi connectivity index (χ0) is 18.9. The Morgan fingerprint density at radius 3 is 2.68 bits per heavy atom. The molecule has 1 aliphatic heterocycles. The number of rotatable bonds is 5. The summed E-state index contributed by atoms with van der Waals surface area (Å²) in [5.41, 5.74) is 4.81. The molecular formula is C25H27N3. The van der Waals surface area contributed by atoms with Gasteiger partial charge in [-0.25, -0.2) is 0 Å². The summed E-state index contributed by atoms with van der Waals surface area (Å²) in [5.74, 6) is 2.27. The van der Waals surface area contributed by atoms with Gasteiger partial charge >= 0.3 is 0 Å². The second kappa shape index (κ2) is 7.45. The quantitative estimate of drug-likeness (QED) is 0.680. The van der Waals surface area contributed by atoms with Crippen molar-refractivity contribution in [2.45, 2.75) is 31.6 Å². The molecule has 2 atom stereocenters. The molecule has 2 heterocycles. The molecule has 2 aliphatic rings. The summed E-state index contributed by atoms with van der Waals surface area (Å²) >= 11 is 0. The smallest absolute Gasteiger partial charge is 0.0991 e. The van der Waals surface area contributed by atoms with E-state index in [9.17, 15) is 5.26 Å². The molecule has 0 spiro atoms. The Hall–Kier alpha value is -2.57. The van der Waals surface area contributed by atoms with E-state index in [4.69, 9.17) is 0 Å². The van der Waals surface area contributed by atoms with Crippen molar-refractivity contribution in [3.05, 3.63) is 71.4 Å². The summed E-state index contributed by atoms with van der Waals surface area (Å²) in [6, 6.07) is 19.2. The van der Waals surface area contributed by atoms with Crippen LogP contribution in [0.3, 0.4) is 0 Å². The van der Waals surface area contributed by atoms with Crippen molar-refractivity contribution in [3.8, 4) is 6.07 Å². The number of fused-ring (bicyclic) bond motifs is 1. The monoisotopic (exact) mass is 369 g/mol. The van der Waals surface area contributed by atoms with Crippen LogP contribution in [0.25, 0.3) is 10.9 Å². The Bertz CT molecular complexity index is 990. The van der Waals surface area contributed by atoms with E-state index in [1.54, 1.807) is 0 Å². The van der Waals surface area contributed by atoms with Gasteiger partial charge in [-0.2, -0.15) is 5.26 Å². The molecule has 2 aromatic carbocycles. The molecule has 1 saturated carbocycles. The molecule has 0 radical (unpaired) electrons. The average molecular weight is 370 g/mol. The molecule has 3 aromatic rings. The molecule has 0 unspecified atom stereocenters. The molecule has 2 fully saturated rings. The van der Waals surface area contributed by atoms with Crippen molar-refractivity contribution in [3.63, 3.8) is 0 Å². The first-order valence-electron chi connectivity index (χ1n) is 10.6. The highest BCUT2D eigenvalue weighted by Gasteiger charge is 2.41. The van der Waals surface area contributed by atoms with E-state index in [1.165, 1.54) is 61.8 Å². The van der Waals surface area contributed by atoms with Crippen molar-refractivity contribution >= 4 is 10.9 Å². The highest BCUT2D eigenvalue weighted by molar-refractivity contribution is 5.85. The normalized spacial score (nSPS) is 23.0. The van der Waals surface area contributed by atoms with Crippen molar-refractivity contribution in [1.82, 2.24) is 9.88 Å². The minimum Gasteiger partial charge on any atom is -0.361 e. The molecule has 5 rings (SSSR count). The minimum atomic E-state index is 0.657. The number of hydrogen-bond acceptors (Lipinski definition) is 2. The molecule has 3 heteroatoms. The van der Waals surface area contributed by atoms with E-state index in [1.807, 2.05) is 18.2 Å². The Labute approximate surface area is 167 Å². The standard InChI is InChI=1S/C25H27N3/c26-15-20-6-7-25-23(13-20)24(16-27-25)22-14-21(22)17-28-10-8-19(9-11-28)12-18-4-2-1-3-5-18/h1-7,13,16,19,21-22,27H,8-12,14,17H2/t21-,22+/m0/s1. The fourth-order valence-electron chi connectivity index (χ4n) is 5.00. The molecule has 1 saturated heterocycles. The second-order valence-corrected chi connectivity index (χ2v) is 8.65. The molecule has 1 aliphatic carbocycles. The van der Waals surface area contributed by atoms with Crippen LogP contribution in [0.5, 0.6) is 0 Å². The lowest BCUT2D eigenvalue weighted by Gasteiger charge is -2.32. The van der Waals surface area contributed by atoms with Crippen molar-refractivity contribution in [1.29, 1.82) is 5.26 Å². The van der Waals surface area contributed by atoms with Crippen molar-refractivity contribution in [2.75, 3.05) is 19.6 Å². The lowest BCUT2D eigenvalue weighted by atomic mass is 9.90. The van der Waals surface area contributed by atoms with Gasteiger partial charge in [0, 0.05) is 23.6 Å². The van der Waals surface area contributed by atoms with Crippen LogP contribution in [0.2, 0.25) is 0 Å². The van der Waals surface area contributed by atoms with Crippen molar-refractivity contribution < 1.29 is 0 Å². The van der Waals surface area contributed by atoms with Gasteiger partial charge in [-0.3, -0.25) is 0 Å². The van der Waals surface area contributed by atoms with Crippen LogP contribution in [-0.2, 0) is 6.42 Å². The third kappa shape index (κ3) is 3.57. The second-order valence-electron chi connectivity index (χ2n) is 8.65. The maximum atomic E-state index is 9.20. The van der Waals surface area contributed by atoms with Gasteiger partial charge < -0.3 is 9.88 Å². The van der Waals surface area contributed by atoms with Gasteiger partial charge in [0.1, 0.15) is 0 Å². The van der Waals surface area contributed by atoms with Crippen LogP contribution in [0.15, 0.2) is 54.7 Å². The summed E-state index contributed by atoms with van der Waals surface area (Å²) in [7, 11) is 0. The lowest BCUT2D eigenvalue weighted by molar-refractivity contribution is 0.177. The van der Waals surface area contributed by atoms with Crippen LogP contribution >= 0.6 is 0 Å². The average Bonchev–Trinajstić information content (AvgIpc) is 3.37. The van der Waals surface area contributed by atoms with E-state index >= 15 is 0 Å². The van der Waals surface area contributed by atoms with Crippen LogP contribution in [-0.4, -0.2) is 29.5 Å². The Kier molecular flexibility index (Phi) is 4.66. The fourth-order valence-corrected chi connectivity index (χ4v) is 5.00. The predicted molar refractivity (Wildman–Crippen MR) is 113 cm³/mol. The van der Waals surface area contributed by atoms with Crippen LogP contribution < -0.4 is 0 Å². The summed E-state index contributed by atoms with van der Waals surface area (Å²) in [6.45, 7) is 3.72. The largest absolute Gasteiger partial charge is 0.361 e. The topological polar surface area (TPSA) is 42.8 Å². The summed E-state index contributed by atoms with van der Waals surface area (Å²) < 4.78 is 0. The Balaban J connectivity index is 1.16. The van der Waals surface area contributed by atoms with Crippen LogP contribution in [0.4, 0.5) is 0 Å². The number of aromatic amines is 1. The molecular weight excluding hydrogens is 342 g/mol. The number of piperidine rings is 1. The summed E-state index contributed by atoms with van der Waals surface area (Å²) in [6.07, 6.45) is 7.34. The third-order valence-electron chi connectivity index (χ3n) is 6.73. The van der Waals surface area contributed by atoms with E-state index in [-0.39, 0.29) is 0 Å². The lowest BCUT2D eigenvalue weighted by Crippen LogP contribution is -2.35. The molecule has 28 heavy (non-hydrogen) atoms. The minimum absolute atomic E-state index is 0.657. The molecule has 3 nitrogen and oxygen atoms in total. The third-order valence-corrected chi connectivity index (χ3v) is 6.73. The molecule has 0 bridgehead atoms. The van der Waals surface area contributed by atoms with Crippen molar-refractivity contribution in [2.24, 2.45) is 11.8 Å². The number of aromatic nitrogens is 1. The first-order valence-corrected chi connectivity index (χ1v) is 10.6. The van der Waals surface area contributed by atoms with Crippen LogP contribution in [0.1, 0.15) is 41.9 Å². The maximum Gasteiger partial charge on any atom is 0.0991 e. The number of likely N-dealkylation sites (tertiary alicyclic amines) is 1. The zero-order valence-corrected chi connectivity index (χ0v) is 16.3. The van der Waals surface area contributed by atoms with Gasteiger partial charge in [-0.15, -0.1) is 0 Å². The fraction of sp³-hybridized carbons (Fsp3) is 0.400. The molecule has 1 N–H and O–H groups in total. The zero-order valence-electron chi connectivity index (χ0n) is 16.3. The number of nitriles is 1. The number of nitrogens with zero attached hydrogens (tertiary/aromatic N) is 2. The maximum absolute atomic E-state index is 9.20. The van der Waals surface area contributed by atoms with E-state index in [0.717, 1.165) is 22.9 Å². The number of hydrogen-bond donors (Lipinski definition) is 1. The first-order chi connectivity index (χ1) is 13.8. The van der Waals surface area contributed by atoms with Gasteiger partial charge in [0.15, 0.2) is 0 Å². The van der Waals surface area contributed by atoms with Gasteiger partial charge in [0.25, 0.3) is 0 Å². The summed E-state index contributed by atoms with van der Waals surface area (Å²) in [4.78, 5) is 6.07. The van der Waals surface area contributed by atoms with Gasteiger partial charge in [0.05, 0.1) is 11.6 Å². The summed E-state index contributed by atoms with van der Waals surface area (Å²) in [5, 5.41) is 10.4. The van der Waals surface area contributed by atoms with Gasteiger partial charge in [-0.1, -0.05) is 30.3 Å². The van der Waals surface area contributed by atoms with Gasteiger partial charge in [-0.05, 0) is 85.9 Å². The Morgan fingerprint density at radius 2 is 1.89 bits per heavy atom. The van der Waals surface area contributed by atoms with E-state index in [0.29, 0.717) is 5.92 Å². The van der Waals surface area contributed by atoms with E-state index < -0.39 is 0 Å².